The fourth-order valence-corrected chi connectivity index (χ4v) is 5.62. The van der Waals surface area contributed by atoms with Crippen molar-refractivity contribution < 1.29 is 4.59 Å². The maximum absolute atomic E-state index is 6.99. The van der Waals surface area contributed by atoms with Gasteiger partial charge in [-0.1, -0.05) is 48.9 Å². The van der Waals surface area contributed by atoms with Gasteiger partial charge < -0.3 is 5.32 Å². The number of rotatable bonds is 5. The van der Waals surface area contributed by atoms with Crippen molar-refractivity contribution in [1.29, 1.82) is 0 Å². The van der Waals surface area contributed by atoms with Crippen LogP contribution >= 0.6 is 0 Å². The van der Waals surface area contributed by atoms with Gasteiger partial charge in [-0.05, 0) is 43.9 Å². The van der Waals surface area contributed by atoms with Crippen molar-refractivity contribution in [1.82, 2.24) is 10.3 Å². The van der Waals surface area contributed by atoms with Gasteiger partial charge in [0.2, 0.25) is 5.70 Å². The Kier molecular flexibility index (Phi) is 4.81. The van der Waals surface area contributed by atoms with Crippen molar-refractivity contribution in [3.63, 3.8) is 0 Å². The lowest BCUT2D eigenvalue weighted by atomic mass is 9.76. The highest BCUT2D eigenvalue weighted by molar-refractivity contribution is 6.02. The molecule has 0 amide bonds. The summed E-state index contributed by atoms with van der Waals surface area (Å²) < 4.78 is 0.0694. The minimum Gasteiger partial charge on any atom is -0.311 e. The zero-order valence-electron chi connectivity index (χ0n) is 19.6. The second-order valence-electron chi connectivity index (χ2n) is 10.2. The number of allylic oxidation sites excluding steroid dienone is 2. The molecule has 3 N–H and O–H groups in total. The molecule has 0 spiro atoms. The van der Waals surface area contributed by atoms with E-state index in [1.807, 2.05) is 30.6 Å². The molecule has 6 nitrogen and oxygen atoms in total. The smallest absolute Gasteiger partial charge is 0.264 e. The normalized spacial score (nSPS) is 27.5. The van der Waals surface area contributed by atoms with E-state index in [-0.39, 0.29) is 4.59 Å². The van der Waals surface area contributed by atoms with E-state index < -0.39 is 0 Å². The Bertz CT molecular complexity index is 1430. The van der Waals surface area contributed by atoms with Gasteiger partial charge in [-0.3, -0.25) is 4.99 Å². The molecule has 1 aromatic heterocycles. The van der Waals surface area contributed by atoms with Crippen molar-refractivity contribution in [3.05, 3.63) is 90.0 Å². The molecule has 1 unspecified atom stereocenters. The van der Waals surface area contributed by atoms with Gasteiger partial charge >= 0.3 is 0 Å². The van der Waals surface area contributed by atoms with Crippen LogP contribution in [0.25, 0.3) is 22.2 Å². The molecule has 6 heteroatoms. The highest BCUT2D eigenvalue weighted by Crippen LogP contribution is 2.43. The average Bonchev–Trinajstić information content (AvgIpc) is 3.14. The highest BCUT2D eigenvalue weighted by Gasteiger charge is 2.48. The van der Waals surface area contributed by atoms with E-state index in [2.05, 4.69) is 52.8 Å². The van der Waals surface area contributed by atoms with Gasteiger partial charge in [0.1, 0.15) is 11.9 Å². The molecule has 1 atom stereocenters. The third-order valence-electron chi connectivity index (χ3n) is 7.94. The second kappa shape index (κ2) is 8.05. The predicted octanol–water partition coefficient (Wildman–Crippen LogP) is 5.04. The van der Waals surface area contributed by atoms with Gasteiger partial charge in [-0.25, -0.2) is 4.98 Å². The number of aliphatic imine (C=N–C) groups is 2. The third-order valence-corrected chi connectivity index (χ3v) is 7.94. The third kappa shape index (κ3) is 3.48. The monoisotopic (exact) mass is 461 g/mol. The number of fused-ring (bicyclic) bond motifs is 2. The predicted molar refractivity (Wildman–Crippen MR) is 140 cm³/mol. The summed E-state index contributed by atoms with van der Waals surface area (Å²) in [4.78, 5) is 14.6. The number of benzene rings is 2. The quantitative estimate of drug-likeness (QED) is 0.413. The molecule has 2 saturated carbocycles. The fourth-order valence-electron chi connectivity index (χ4n) is 5.62. The number of aromatic nitrogens is 1. The Morgan fingerprint density at radius 3 is 2.54 bits per heavy atom. The van der Waals surface area contributed by atoms with Gasteiger partial charge in [-0.2, -0.15) is 10.8 Å². The molecule has 3 aromatic rings. The number of hydrogen-bond acceptors (Lipinski definition) is 5. The number of nitrogens with two attached hydrogens (primary N) is 1. The van der Waals surface area contributed by atoms with Crippen LogP contribution in [0.15, 0.2) is 94.4 Å². The lowest BCUT2D eigenvalue weighted by Crippen LogP contribution is -2.53. The summed E-state index contributed by atoms with van der Waals surface area (Å²) >= 11 is 0. The van der Waals surface area contributed by atoms with Gasteiger partial charge in [0.15, 0.2) is 0 Å². The number of quaternary nitrogens is 1. The van der Waals surface area contributed by atoms with Crippen molar-refractivity contribution in [2.24, 2.45) is 21.7 Å². The lowest BCUT2D eigenvalue weighted by Gasteiger charge is -2.40. The Labute approximate surface area is 205 Å². The van der Waals surface area contributed by atoms with Gasteiger partial charge in [0.05, 0.1) is 29.2 Å². The largest absolute Gasteiger partial charge is 0.311 e. The molecular weight excluding hydrogens is 432 g/mol. The maximum atomic E-state index is 6.99. The maximum Gasteiger partial charge on any atom is 0.264 e. The first-order valence-electron chi connectivity index (χ1n) is 12.6. The molecule has 0 bridgehead atoms. The molecule has 2 fully saturated rings. The molecule has 3 heterocycles. The van der Waals surface area contributed by atoms with E-state index in [1.165, 1.54) is 19.3 Å². The number of pyridine rings is 1. The van der Waals surface area contributed by atoms with Crippen molar-refractivity contribution in [2.45, 2.75) is 44.2 Å². The van der Waals surface area contributed by atoms with E-state index in [9.17, 15) is 0 Å². The summed E-state index contributed by atoms with van der Waals surface area (Å²) in [7, 11) is 0. The van der Waals surface area contributed by atoms with Crippen LogP contribution in [0.4, 0.5) is 0 Å². The summed E-state index contributed by atoms with van der Waals surface area (Å²) in [6, 6.07) is 22.1. The molecule has 35 heavy (non-hydrogen) atoms. The minimum atomic E-state index is 0.0694. The summed E-state index contributed by atoms with van der Waals surface area (Å²) in [6.45, 7) is 0. The first-order valence-corrected chi connectivity index (χ1v) is 12.6. The van der Waals surface area contributed by atoms with Crippen molar-refractivity contribution >= 4 is 23.0 Å². The Morgan fingerprint density at radius 2 is 1.74 bits per heavy atom. The van der Waals surface area contributed by atoms with E-state index in [0.29, 0.717) is 12.0 Å². The van der Waals surface area contributed by atoms with Crippen LogP contribution in [0, 0.1) is 5.92 Å². The van der Waals surface area contributed by atoms with Crippen LogP contribution in [0.1, 0.15) is 37.7 Å². The van der Waals surface area contributed by atoms with E-state index in [1.54, 1.807) is 6.20 Å². The van der Waals surface area contributed by atoms with Crippen LogP contribution in [0.5, 0.6) is 0 Å². The van der Waals surface area contributed by atoms with Crippen LogP contribution in [0.2, 0.25) is 0 Å². The molecule has 2 aliphatic carbocycles. The topological polar surface area (TPSA) is 75.7 Å². The molecule has 2 aromatic carbocycles. The SMILES string of the molecule is N[N+]12C=CN=CC1=C(C1CC(NC3CCC3)C1)N=C2c1ccc2ccc(-c3ccccc3)nc2c1. The number of hydrogen-bond donors (Lipinski definition) is 2. The zero-order valence-corrected chi connectivity index (χ0v) is 19.6. The standard InChI is InChI=1S/C29H29N6/c30-35-14-13-31-18-27(35)28(22-15-24(16-22)32-23-7-4-8-23)34-29(35)21-10-9-20-11-12-25(33-26(20)17-21)19-5-2-1-3-6-19/h1-3,5-6,9-14,17-18,22-24,32H,4,7-8,15-16,30H2/q+1. The Balaban J connectivity index is 1.22. The highest BCUT2D eigenvalue weighted by atomic mass is 15.6. The van der Waals surface area contributed by atoms with E-state index in [4.69, 9.17) is 15.8 Å². The summed E-state index contributed by atoms with van der Waals surface area (Å²) in [5.41, 5.74) is 6.08. The molecule has 0 saturated heterocycles. The van der Waals surface area contributed by atoms with Crippen LogP contribution in [0.3, 0.4) is 0 Å². The molecule has 174 valence electrons. The molecule has 0 radical (unpaired) electrons. The Hall–Kier alpha value is -3.45. The Morgan fingerprint density at radius 1 is 0.914 bits per heavy atom. The molecule has 2 aliphatic heterocycles. The molecule has 4 aliphatic rings. The fraction of sp³-hybridized carbons (Fsp3) is 0.276. The van der Waals surface area contributed by atoms with E-state index >= 15 is 0 Å². The molecule has 7 rings (SSSR count). The van der Waals surface area contributed by atoms with Crippen molar-refractivity contribution in [2.75, 3.05) is 0 Å². The van der Waals surface area contributed by atoms with Crippen LogP contribution in [-0.2, 0) is 0 Å². The van der Waals surface area contributed by atoms with Crippen LogP contribution in [-0.4, -0.2) is 33.7 Å². The summed E-state index contributed by atoms with van der Waals surface area (Å²) in [5, 5.41) is 4.91. The second-order valence-corrected chi connectivity index (χ2v) is 10.2. The lowest BCUT2D eigenvalue weighted by molar-refractivity contribution is -0.750. The van der Waals surface area contributed by atoms with Gasteiger partial charge in [-0.15, -0.1) is 4.59 Å². The van der Waals surface area contributed by atoms with Gasteiger partial charge in [0.25, 0.3) is 5.84 Å². The first kappa shape index (κ1) is 20.9. The van der Waals surface area contributed by atoms with Crippen molar-refractivity contribution in [3.8, 4) is 11.3 Å². The van der Waals surface area contributed by atoms with Gasteiger partial charge in [0, 0.05) is 29.0 Å². The molecular formula is C29H29N6+. The minimum absolute atomic E-state index is 0.0694. The van der Waals surface area contributed by atoms with E-state index in [0.717, 1.165) is 63.8 Å². The number of nitrogens with zero attached hydrogens (tertiary/aromatic N) is 4. The average molecular weight is 462 g/mol. The van der Waals surface area contributed by atoms with Crippen LogP contribution < -0.4 is 11.2 Å². The number of amidine groups is 1. The first-order chi connectivity index (χ1) is 17.2. The number of nitrogens with one attached hydrogen (secondary N) is 1. The zero-order chi connectivity index (χ0) is 23.4. The summed E-state index contributed by atoms with van der Waals surface area (Å²) in [6.07, 6.45) is 11.8. The summed E-state index contributed by atoms with van der Waals surface area (Å²) in [5.74, 6) is 8.25.